The van der Waals surface area contributed by atoms with Gasteiger partial charge < -0.3 is 21.4 Å². The molecule has 2 heterocycles. The summed E-state index contributed by atoms with van der Waals surface area (Å²) < 4.78 is 2.64. The summed E-state index contributed by atoms with van der Waals surface area (Å²) in [4.78, 5) is 27.9. The first kappa shape index (κ1) is 23.8. The van der Waals surface area contributed by atoms with Crippen LogP contribution in [0.15, 0.2) is 47.6 Å². The Morgan fingerprint density at radius 2 is 1.97 bits per heavy atom. The number of aromatic nitrogens is 2. The van der Waals surface area contributed by atoms with E-state index in [1.165, 1.54) is 17.6 Å². The van der Waals surface area contributed by atoms with E-state index in [2.05, 4.69) is 5.10 Å². The third-order valence-corrected chi connectivity index (χ3v) is 6.79. The van der Waals surface area contributed by atoms with Crippen LogP contribution in [0.3, 0.4) is 0 Å². The predicted molar refractivity (Wildman–Crippen MR) is 140 cm³/mol. The number of thiazole rings is 1. The second kappa shape index (κ2) is 9.90. The molecule has 2 aromatic heterocycles. The van der Waals surface area contributed by atoms with E-state index < -0.39 is 5.91 Å². The summed E-state index contributed by atoms with van der Waals surface area (Å²) in [7, 11) is 3.63. The zero-order valence-electron chi connectivity index (χ0n) is 19.4. The Labute approximate surface area is 206 Å². The molecule has 0 spiro atoms. The number of hydrogen-bond acceptors (Lipinski definition) is 8. The van der Waals surface area contributed by atoms with Gasteiger partial charge in [-0.1, -0.05) is 24.3 Å². The van der Waals surface area contributed by atoms with Gasteiger partial charge in [0.2, 0.25) is 5.91 Å². The molecule has 0 atom stereocenters. The number of anilines is 1. The Morgan fingerprint density at radius 1 is 1.23 bits per heavy atom. The van der Waals surface area contributed by atoms with E-state index in [0.717, 1.165) is 27.1 Å². The second-order valence-electron chi connectivity index (χ2n) is 8.10. The molecule has 0 saturated carbocycles. The van der Waals surface area contributed by atoms with Crippen LogP contribution in [0.2, 0.25) is 0 Å². The van der Waals surface area contributed by atoms with Gasteiger partial charge in [0.1, 0.15) is 5.01 Å². The third-order valence-electron chi connectivity index (χ3n) is 5.72. The molecule has 1 amide bonds. The van der Waals surface area contributed by atoms with Crippen molar-refractivity contribution < 1.29 is 9.59 Å². The first-order valence-corrected chi connectivity index (χ1v) is 11.6. The average molecular weight is 488 g/mol. The highest BCUT2D eigenvalue weighted by Gasteiger charge is 2.19. The maximum atomic E-state index is 11.8. The number of primary amides is 1. The fraction of sp³-hybridized carbons (Fsp3) is 0.160. The molecular weight excluding hydrogens is 462 g/mol. The van der Waals surface area contributed by atoms with Crippen LogP contribution in [0.25, 0.3) is 10.3 Å². The molecular formula is C25H25N7O2S. The maximum absolute atomic E-state index is 11.8. The Balaban J connectivity index is 1.60. The third kappa shape index (κ3) is 4.82. The molecule has 35 heavy (non-hydrogen) atoms. The smallest absolute Gasteiger partial charge is 0.248 e. The van der Waals surface area contributed by atoms with Crippen LogP contribution in [0.1, 0.15) is 48.1 Å². The lowest BCUT2D eigenvalue weighted by Gasteiger charge is -2.15. The van der Waals surface area contributed by atoms with E-state index >= 15 is 0 Å². The standard InChI is InChI=1S/C25H25N7O2S/c1-31(13-17-4-3-5-20(27)18(17)11-26)29-12-19-21(14-33)32(2)25-23(19)35-22(30-25)10-15-6-8-16(9-7-15)24(28)34/h3-9,11-12,14,26H,10,13,27H2,1-2H3,(H2,28,34)/b26-11?,29-12-. The Hall–Kier alpha value is -4.31. The summed E-state index contributed by atoms with van der Waals surface area (Å²) in [6.45, 7) is 0.452. The van der Waals surface area contributed by atoms with E-state index in [-0.39, 0.29) is 0 Å². The van der Waals surface area contributed by atoms with Gasteiger partial charge in [-0.15, -0.1) is 11.3 Å². The molecule has 178 valence electrons. The van der Waals surface area contributed by atoms with Crippen LogP contribution in [0.4, 0.5) is 5.69 Å². The number of nitrogens with two attached hydrogens (primary N) is 2. The van der Waals surface area contributed by atoms with Crippen molar-refractivity contribution in [3.8, 4) is 0 Å². The number of nitrogen functional groups attached to an aromatic ring is 1. The molecule has 9 nitrogen and oxygen atoms in total. The van der Waals surface area contributed by atoms with Crippen LogP contribution in [0.5, 0.6) is 0 Å². The van der Waals surface area contributed by atoms with E-state index in [4.69, 9.17) is 21.9 Å². The van der Waals surface area contributed by atoms with Crippen molar-refractivity contribution in [3.05, 3.63) is 81.0 Å². The lowest BCUT2D eigenvalue weighted by atomic mass is 10.1. The van der Waals surface area contributed by atoms with Gasteiger partial charge in [0, 0.05) is 49.1 Å². The summed E-state index contributed by atoms with van der Waals surface area (Å²) in [6, 6.07) is 12.6. The molecule has 0 saturated heterocycles. The quantitative estimate of drug-likeness (QED) is 0.144. The van der Waals surface area contributed by atoms with Crippen LogP contribution >= 0.6 is 11.3 Å². The molecule has 0 aliphatic heterocycles. The lowest BCUT2D eigenvalue weighted by molar-refractivity contribution is 0.0999. The van der Waals surface area contributed by atoms with E-state index in [1.807, 2.05) is 31.3 Å². The number of rotatable bonds is 9. The Kier molecular flexibility index (Phi) is 6.74. The molecule has 0 unspecified atom stereocenters. The zero-order chi connectivity index (χ0) is 25.1. The van der Waals surface area contributed by atoms with E-state index in [0.29, 0.717) is 46.7 Å². The SMILES string of the molecule is CN(Cc1cccc(N)c1C=N)/N=C\c1c(C=O)n(C)c2nc(Cc3ccc(C(N)=O)cc3)sc12. The number of amides is 1. The summed E-state index contributed by atoms with van der Waals surface area (Å²) in [5.74, 6) is -0.461. The van der Waals surface area contributed by atoms with Crippen molar-refractivity contribution in [1.29, 1.82) is 5.41 Å². The minimum Gasteiger partial charge on any atom is -0.398 e. The highest BCUT2D eigenvalue weighted by molar-refractivity contribution is 7.19. The summed E-state index contributed by atoms with van der Waals surface area (Å²) >= 11 is 1.50. The summed E-state index contributed by atoms with van der Waals surface area (Å²) in [6.07, 6.45) is 4.32. The highest BCUT2D eigenvalue weighted by Crippen LogP contribution is 2.30. The Bertz CT molecular complexity index is 1450. The lowest BCUT2D eigenvalue weighted by Crippen LogP contribution is -2.13. The topological polar surface area (TPSA) is 143 Å². The normalized spacial score (nSPS) is 11.3. The van der Waals surface area contributed by atoms with Crippen molar-refractivity contribution in [2.24, 2.45) is 17.9 Å². The van der Waals surface area contributed by atoms with Crippen molar-refractivity contribution in [2.75, 3.05) is 12.8 Å². The molecule has 2 aromatic carbocycles. The van der Waals surface area contributed by atoms with Crippen molar-refractivity contribution in [1.82, 2.24) is 14.6 Å². The van der Waals surface area contributed by atoms with Gasteiger partial charge in [-0.2, -0.15) is 5.10 Å². The number of aryl methyl sites for hydroxylation is 1. The number of fused-ring (bicyclic) bond motifs is 1. The number of benzene rings is 2. The number of hydrogen-bond donors (Lipinski definition) is 3. The summed E-state index contributed by atoms with van der Waals surface area (Å²) in [5.41, 5.74) is 16.8. The van der Waals surface area contributed by atoms with Crippen LogP contribution in [-0.2, 0) is 20.0 Å². The molecule has 0 bridgehead atoms. The number of carbonyl (C=O) groups excluding carboxylic acids is 2. The maximum Gasteiger partial charge on any atom is 0.248 e. The number of hydrazone groups is 1. The molecule has 4 aromatic rings. The number of carbonyl (C=O) groups is 2. The molecule has 10 heteroatoms. The molecule has 5 N–H and O–H groups in total. The number of nitrogens with zero attached hydrogens (tertiary/aromatic N) is 4. The molecule has 0 aliphatic rings. The van der Waals surface area contributed by atoms with Gasteiger partial charge >= 0.3 is 0 Å². The van der Waals surface area contributed by atoms with Crippen LogP contribution < -0.4 is 11.5 Å². The van der Waals surface area contributed by atoms with E-state index in [1.54, 1.807) is 41.0 Å². The minimum atomic E-state index is -0.461. The van der Waals surface area contributed by atoms with Crippen molar-refractivity contribution in [3.63, 3.8) is 0 Å². The molecule has 0 radical (unpaired) electrons. The average Bonchev–Trinajstić information content (AvgIpc) is 3.35. The van der Waals surface area contributed by atoms with Crippen molar-refractivity contribution in [2.45, 2.75) is 13.0 Å². The van der Waals surface area contributed by atoms with Crippen LogP contribution in [0, 0.1) is 5.41 Å². The fourth-order valence-corrected chi connectivity index (χ4v) is 5.01. The van der Waals surface area contributed by atoms with Gasteiger partial charge in [-0.05, 0) is 29.3 Å². The van der Waals surface area contributed by atoms with Gasteiger partial charge in [0.05, 0.1) is 23.2 Å². The van der Waals surface area contributed by atoms with E-state index in [9.17, 15) is 9.59 Å². The second-order valence-corrected chi connectivity index (χ2v) is 9.18. The van der Waals surface area contributed by atoms with Gasteiger partial charge in [0.25, 0.3) is 0 Å². The predicted octanol–water partition coefficient (Wildman–Crippen LogP) is 3.18. The largest absolute Gasteiger partial charge is 0.398 e. The summed E-state index contributed by atoms with van der Waals surface area (Å²) in [5, 5.41) is 14.8. The molecule has 0 aliphatic carbocycles. The highest BCUT2D eigenvalue weighted by atomic mass is 32.1. The minimum absolute atomic E-state index is 0.452. The Morgan fingerprint density at radius 3 is 2.63 bits per heavy atom. The number of nitrogens with one attached hydrogen (secondary N) is 1. The van der Waals surface area contributed by atoms with Gasteiger partial charge in [0.15, 0.2) is 11.9 Å². The van der Waals surface area contributed by atoms with Crippen LogP contribution in [-0.4, -0.2) is 46.2 Å². The van der Waals surface area contributed by atoms with Gasteiger partial charge in [-0.3, -0.25) is 14.6 Å². The first-order chi connectivity index (χ1) is 16.8. The molecule has 0 fully saturated rings. The fourth-order valence-electron chi connectivity index (χ4n) is 3.86. The monoisotopic (exact) mass is 487 g/mol. The zero-order valence-corrected chi connectivity index (χ0v) is 20.2. The number of aldehydes is 1. The molecule has 4 rings (SSSR count). The van der Waals surface area contributed by atoms with Crippen molar-refractivity contribution >= 4 is 52.0 Å². The van der Waals surface area contributed by atoms with Gasteiger partial charge in [-0.25, -0.2) is 4.98 Å². The first-order valence-electron chi connectivity index (χ1n) is 10.8.